The molecule has 0 unspecified atom stereocenters. The molecule has 0 aromatic heterocycles. The first kappa shape index (κ1) is 40.9. The Bertz CT molecular complexity index is 707. The second kappa shape index (κ2) is 27.3. The number of hydrogen-bond acceptors (Lipinski definition) is 10. The van der Waals surface area contributed by atoms with Crippen molar-refractivity contribution in [3.8, 4) is 0 Å². The van der Waals surface area contributed by atoms with E-state index in [4.69, 9.17) is 9.84 Å². The van der Waals surface area contributed by atoms with E-state index in [2.05, 4.69) is 66.6 Å². The largest absolute Gasteiger partial charge is 0.466 e. The molecule has 0 saturated heterocycles. The van der Waals surface area contributed by atoms with E-state index in [1.807, 2.05) is 6.92 Å². The van der Waals surface area contributed by atoms with Crippen LogP contribution in [-0.4, -0.2) is 74.6 Å². The quantitative estimate of drug-likeness (QED) is 0.167. The van der Waals surface area contributed by atoms with Gasteiger partial charge in [-0.3, -0.25) is 0 Å². The number of carbonyl (C=O) groups is 4. The number of esters is 4. The van der Waals surface area contributed by atoms with Crippen molar-refractivity contribution < 1.29 is 43.2 Å². The average molecular weight is 530 g/mol. The maximum absolute atomic E-state index is 10.9. The molecule has 2 N–H and O–H groups in total. The van der Waals surface area contributed by atoms with Crippen molar-refractivity contribution in [2.24, 2.45) is 0 Å². The zero-order valence-corrected chi connectivity index (χ0v) is 23.6. The van der Waals surface area contributed by atoms with Crippen molar-refractivity contribution >= 4 is 23.9 Å². The first-order valence-corrected chi connectivity index (χ1v) is 11.6. The lowest BCUT2D eigenvalue weighted by molar-refractivity contribution is -0.139. The van der Waals surface area contributed by atoms with E-state index in [0.29, 0.717) is 30.9 Å². The lowest BCUT2D eigenvalue weighted by Gasteiger charge is -2.20. The standard InChI is InChI=1S/C10H19NO2.C7H12O2.C5H8O3.C5H8O2/c1-8(2)9(12)13-7-6-11-10(3,4)5;1-3-5-6-9-7(8)4-2;1-2-5(7)8-4-3-6;1-4(2)5(6)7-3/h11H,1,6-7H2,2-5H3;4H,2-3,5-6H2,1H3;2,6H,1,3-4H2;1H2,2-3H3. The van der Waals surface area contributed by atoms with E-state index in [0.717, 1.165) is 18.9 Å². The Labute approximate surface area is 222 Å². The summed E-state index contributed by atoms with van der Waals surface area (Å²) in [5.74, 6) is -1.50. The van der Waals surface area contributed by atoms with E-state index in [1.165, 1.54) is 13.2 Å². The minimum absolute atomic E-state index is 0.0465. The monoisotopic (exact) mass is 529 g/mol. The van der Waals surface area contributed by atoms with Crippen LogP contribution in [0.3, 0.4) is 0 Å². The number of methoxy groups -OCH3 is 1. The summed E-state index contributed by atoms with van der Waals surface area (Å²) >= 11 is 0. The van der Waals surface area contributed by atoms with Crippen LogP contribution in [-0.2, 0) is 38.1 Å². The third kappa shape index (κ3) is 40.2. The van der Waals surface area contributed by atoms with Crippen molar-refractivity contribution in [1.82, 2.24) is 5.32 Å². The molecule has 0 amide bonds. The lowest BCUT2D eigenvalue weighted by atomic mass is 10.1. The Kier molecular flexibility index (Phi) is 30.2. The molecular weight excluding hydrogens is 482 g/mol. The molecule has 10 nitrogen and oxygen atoms in total. The number of ether oxygens (including phenoxy) is 4. The third-order valence-electron chi connectivity index (χ3n) is 3.28. The van der Waals surface area contributed by atoms with Crippen molar-refractivity contribution in [2.75, 3.05) is 40.1 Å². The van der Waals surface area contributed by atoms with Crippen molar-refractivity contribution in [3.05, 3.63) is 49.6 Å². The fourth-order valence-electron chi connectivity index (χ4n) is 1.45. The van der Waals surface area contributed by atoms with Crippen LogP contribution in [0.5, 0.6) is 0 Å². The maximum Gasteiger partial charge on any atom is 0.333 e. The molecule has 37 heavy (non-hydrogen) atoms. The number of hydrogen-bond donors (Lipinski definition) is 2. The van der Waals surface area contributed by atoms with Crippen LogP contribution in [0.4, 0.5) is 0 Å². The molecule has 0 spiro atoms. The van der Waals surface area contributed by atoms with Crippen LogP contribution in [0, 0.1) is 0 Å². The number of aliphatic hydroxyl groups is 1. The summed E-state index contributed by atoms with van der Waals surface area (Å²) in [6, 6.07) is 0. The summed E-state index contributed by atoms with van der Waals surface area (Å²) in [7, 11) is 1.33. The van der Waals surface area contributed by atoms with Crippen LogP contribution in [0.15, 0.2) is 49.6 Å². The zero-order valence-electron chi connectivity index (χ0n) is 23.6. The highest BCUT2D eigenvalue weighted by atomic mass is 16.5. The molecule has 10 heteroatoms. The normalized spacial score (nSPS) is 9.19. The molecule has 0 aromatic carbocycles. The summed E-state index contributed by atoms with van der Waals surface area (Å²) < 4.78 is 18.2. The van der Waals surface area contributed by atoms with Gasteiger partial charge in [0, 0.05) is 35.4 Å². The van der Waals surface area contributed by atoms with Gasteiger partial charge in [0.1, 0.15) is 13.2 Å². The van der Waals surface area contributed by atoms with Gasteiger partial charge >= 0.3 is 23.9 Å². The van der Waals surface area contributed by atoms with Gasteiger partial charge in [0.2, 0.25) is 0 Å². The smallest absolute Gasteiger partial charge is 0.333 e. The molecule has 0 aromatic rings. The van der Waals surface area contributed by atoms with Crippen LogP contribution in [0.2, 0.25) is 0 Å². The Hall–Kier alpha value is -3.24. The maximum atomic E-state index is 10.9. The molecule has 0 saturated carbocycles. The summed E-state index contributed by atoms with van der Waals surface area (Å²) in [6.45, 7) is 26.2. The van der Waals surface area contributed by atoms with Gasteiger partial charge in [-0.1, -0.05) is 39.7 Å². The molecule has 0 aliphatic carbocycles. The number of unbranched alkanes of at least 4 members (excludes halogenated alkanes) is 1. The van der Waals surface area contributed by atoms with Gasteiger partial charge < -0.3 is 29.4 Å². The lowest BCUT2D eigenvalue weighted by Crippen LogP contribution is -2.38. The second-order valence-corrected chi connectivity index (χ2v) is 8.19. The summed E-state index contributed by atoms with van der Waals surface area (Å²) in [4.78, 5) is 41.6. The molecular formula is C27H47NO9. The van der Waals surface area contributed by atoms with Gasteiger partial charge in [0.25, 0.3) is 0 Å². The molecule has 0 fully saturated rings. The minimum Gasteiger partial charge on any atom is -0.466 e. The number of carbonyl (C=O) groups excluding carboxylic acids is 4. The fourth-order valence-corrected chi connectivity index (χ4v) is 1.45. The number of nitrogens with one attached hydrogen (secondary N) is 1. The molecule has 0 rings (SSSR count). The molecule has 0 heterocycles. The van der Waals surface area contributed by atoms with E-state index >= 15 is 0 Å². The van der Waals surface area contributed by atoms with Gasteiger partial charge in [-0.05, 0) is 41.0 Å². The fraction of sp³-hybridized carbons (Fsp3) is 0.556. The predicted octanol–water partition coefficient (Wildman–Crippen LogP) is 3.45. The van der Waals surface area contributed by atoms with Gasteiger partial charge in [0.15, 0.2) is 0 Å². The highest BCUT2D eigenvalue weighted by Gasteiger charge is 2.08. The van der Waals surface area contributed by atoms with Crippen LogP contribution < -0.4 is 5.32 Å². The van der Waals surface area contributed by atoms with Gasteiger partial charge in [-0.2, -0.15) is 0 Å². The summed E-state index contributed by atoms with van der Waals surface area (Å²) in [6.07, 6.45) is 4.20. The van der Waals surface area contributed by atoms with Crippen LogP contribution in [0.25, 0.3) is 0 Å². The van der Waals surface area contributed by atoms with Gasteiger partial charge in [-0.15, -0.1) is 0 Å². The SMILES string of the molecule is C=C(C)C(=O)OC.C=C(C)C(=O)OCCNC(C)(C)C.C=CC(=O)OCCCC.C=CC(=O)OCCO. The summed E-state index contributed by atoms with van der Waals surface area (Å²) in [5.41, 5.74) is 0.938. The molecule has 0 aliphatic rings. The number of aliphatic hydroxyl groups excluding tert-OH is 1. The molecule has 0 atom stereocenters. The highest BCUT2D eigenvalue weighted by Crippen LogP contribution is 1.97. The first-order valence-electron chi connectivity index (χ1n) is 11.6. The third-order valence-corrected chi connectivity index (χ3v) is 3.28. The highest BCUT2D eigenvalue weighted by molar-refractivity contribution is 5.87. The van der Waals surface area contributed by atoms with Gasteiger partial charge in [-0.25, -0.2) is 19.2 Å². The van der Waals surface area contributed by atoms with Crippen LogP contribution >= 0.6 is 0 Å². The molecule has 0 aliphatic heterocycles. The zero-order chi connectivity index (χ0) is 29.9. The van der Waals surface area contributed by atoms with E-state index < -0.39 is 5.97 Å². The second-order valence-electron chi connectivity index (χ2n) is 8.19. The van der Waals surface area contributed by atoms with Crippen molar-refractivity contribution in [2.45, 2.75) is 59.9 Å². The molecule has 0 bridgehead atoms. The molecule has 0 radical (unpaired) electrons. The summed E-state index contributed by atoms with van der Waals surface area (Å²) in [5, 5.41) is 11.3. The average Bonchev–Trinajstić information content (AvgIpc) is 2.84. The van der Waals surface area contributed by atoms with E-state index in [1.54, 1.807) is 13.8 Å². The Morgan fingerprint density at radius 1 is 0.838 bits per heavy atom. The van der Waals surface area contributed by atoms with Crippen molar-refractivity contribution in [3.63, 3.8) is 0 Å². The number of rotatable bonds is 12. The van der Waals surface area contributed by atoms with Crippen molar-refractivity contribution in [1.29, 1.82) is 0 Å². The first-order chi connectivity index (χ1) is 17.1. The van der Waals surface area contributed by atoms with E-state index in [-0.39, 0.29) is 36.7 Å². The Balaban J connectivity index is -0.000000202. The van der Waals surface area contributed by atoms with Gasteiger partial charge in [0.05, 0.1) is 20.3 Å². The Morgan fingerprint density at radius 3 is 1.59 bits per heavy atom. The Morgan fingerprint density at radius 2 is 1.30 bits per heavy atom. The molecule has 214 valence electrons. The van der Waals surface area contributed by atoms with E-state index in [9.17, 15) is 19.2 Å². The predicted molar refractivity (Wildman–Crippen MR) is 145 cm³/mol. The topological polar surface area (TPSA) is 137 Å². The minimum atomic E-state index is -0.501. The van der Waals surface area contributed by atoms with Crippen LogP contribution in [0.1, 0.15) is 54.4 Å².